The van der Waals surface area contributed by atoms with E-state index in [1.165, 1.54) is 12.5 Å². The molecule has 1 aromatic carbocycles. The average Bonchev–Trinajstić information content (AvgIpc) is 3.45. The van der Waals surface area contributed by atoms with E-state index in [-0.39, 0.29) is 70.3 Å². The summed E-state index contributed by atoms with van der Waals surface area (Å²) < 4.78 is 18.4. The first-order valence-electron chi connectivity index (χ1n) is 23.6. The number of ether oxygens (including phenoxy) is 3. The highest BCUT2D eigenvalue weighted by atomic mass is 35.5. The molecule has 0 saturated heterocycles. The highest BCUT2D eigenvalue weighted by Crippen LogP contribution is 2.77. The lowest BCUT2D eigenvalue weighted by Crippen LogP contribution is -2.66. The highest BCUT2D eigenvalue weighted by Gasteiger charge is 2.71. The first-order chi connectivity index (χ1) is 28.5. The molecular weight excluding hydrogens is 801 g/mol. The molecular formula is C51H77BClNO8. The normalized spacial score (nSPS) is 33.5. The Bertz CT molecular complexity index is 1950. The van der Waals surface area contributed by atoms with Crippen molar-refractivity contribution in [3.63, 3.8) is 0 Å². The van der Waals surface area contributed by atoms with E-state index in [0.717, 1.165) is 62.5 Å². The third kappa shape index (κ3) is 8.49. The summed E-state index contributed by atoms with van der Waals surface area (Å²) in [6.07, 6.45) is 6.75. The molecule has 11 heteroatoms. The van der Waals surface area contributed by atoms with Gasteiger partial charge in [-0.1, -0.05) is 78.3 Å². The molecule has 0 aliphatic heterocycles. The van der Waals surface area contributed by atoms with E-state index in [0.29, 0.717) is 29.8 Å². The molecule has 0 bridgehead atoms. The first kappa shape index (κ1) is 48.8. The van der Waals surface area contributed by atoms with E-state index >= 15 is 0 Å². The molecule has 9 atom stereocenters. The molecule has 4 saturated carbocycles. The fourth-order valence-electron chi connectivity index (χ4n) is 14.2. The molecule has 5 aliphatic carbocycles. The molecule has 0 radical (unpaired) electrons. The number of ketones is 1. The van der Waals surface area contributed by atoms with Gasteiger partial charge >= 0.3 is 25.0 Å². The van der Waals surface area contributed by atoms with Crippen LogP contribution < -0.4 is 0 Å². The second-order valence-electron chi connectivity index (χ2n) is 23.5. The van der Waals surface area contributed by atoms with Crippen LogP contribution in [-0.4, -0.2) is 64.9 Å². The van der Waals surface area contributed by atoms with Crippen LogP contribution in [0.3, 0.4) is 0 Å². The van der Waals surface area contributed by atoms with Crippen molar-refractivity contribution < 1.29 is 38.4 Å². The zero-order valence-corrected chi connectivity index (χ0v) is 41.2. The van der Waals surface area contributed by atoms with Gasteiger partial charge in [-0.2, -0.15) is 0 Å². The number of hydrogen-bond acceptors (Lipinski definition) is 9. The standard InChI is InChI=1S/C51H77BClNO8/c1-31(2)42-36(56)27-51(40(60-32(3)55)30-54(52(14)59)29-33-17-15-16-18-35(33)53)26-25-49(12)34(43(42)51)19-20-38-48(11)23-22-39(47(9,10)37(48)21-24-50(38,49)13)61-41(57)28-46(7,8)44(58)62-45(4,5)6/h15-18,31,34,37-40,59H,19-30H2,1-14H3/t34-,37+,38-,39+,40-,48+,49-,50-,51+/m1/s1. The minimum Gasteiger partial charge on any atom is -0.462 e. The third-order valence-electron chi connectivity index (χ3n) is 17.4. The van der Waals surface area contributed by atoms with Gasteiger partial charge in [0.1, 0.15) is 17.8 Å². The van der Waals surface area contributed by atoms with E-state index in [1.807, 2.05) is 49.8 Å². The lowest BCUT2D eigenvalue weighted by atomic mass is 9.33. The Morgan fingerprint density at radius 1 is 0.919 bits per heavy atom. The molecule has 1 N–H and O–H groups in total. The molecule has 6 rings (SSSR count). The predicted molar refractivity (Wildman–Crippen MR) is 245 cm³/mol. The summed E-state index contributed by atoms with van der Waals surface area (Å²) in [7, 11) is -0.846. The number of hydrogen-bond donors (Lipinski definition) is 1. The van der Waals surface area contributed by atoms with Gasteiger partial charge in [-0.05, 0) is 156 Å². The van der Waals surface area contributed by atoms with Crippen molar-refractivity contribution in [3.05, 3.63) is 46.0 Å². The van der Waals surface area contributed by atoms with E-state index in [1.54, 1.807) is 20.7 Å². The quantitative estimate of drug-likeness (QED) is 0.124. The van der Waals surface area contributed by atoms with Crippen LogP contribution in [0.4, 0.5) is 0 Å². The van der Waals surface area contributed by atoms with Gasteiger partial charge in [0.25, 0.3) is 0 Å². The maximum Gasteiger partial charge on any atom is 0.376 e. The molecule has 0 unspecified atom stereocenters. The van der Waals surface area contributed by atoms with Gasteiger partial charge in [-0.25, -0.2) is 0 Å². The number of Topliss-reactive ketones (excluding diaryl/α,β-unsaturated/α-hetero) is 1. The SMILES string of the molecule is CB(O)N(Cc1ccccc1Cl)C[C@@H](OC(C)=O)[C@@]12CC[C@]3(C)[C@H](CC[C@@H]4[C@@]5(C)CC[C@H](OC(=O)CC(C)(C)C(=O)OC(C)(C)C)C(C)(C)[C@@H]5CC[C@]43C)C1=C(C(C)C)C(=O)C2. The number of rotatable bonds is 12. The Morgan fingerprint density at radius 2 is 1.58 bits per heavy atom. The maximum atomic E-state index is 14.5. The second kappa shape index (κ2) is 16.9. The zero-order valence-electron chi connectivity index (χ0n) is 40.5. The highest BCUT2D eigenvalue weighted by molar-refractivity contribution is 6.45. The predicted octanol–water partition coefficient (Wildman–Crippen LogP) is 10.8. The van der Waals surface area contributed by atoms with Gasteiger partial charge < -0.3 is 24.0 Å². The van der Waals surface area contributed by atoms with Crippen LogP contribution in [0, 0.1) is 56.2 Å². The molecule has 9 nitrogen and oxygen atoms in total. The molecule has 0 aromatic heterocycles. The first-order valence-corrected chi connectivity index (χ1v) is 24.0. The maximum absolute atomic E-state index is 14.5. The molecule has 62 heavy (non-hydrogen) atoms. The van der Waals surface area contributed by atoms with Crippen LogP contribution >= 0.6 is 11.6 Å². The summed E-state index contributed by atoms with van der Waals surface area (Å²) in [5.41, 5.74) is 0.285. The molecule has 0 heterocycles. The summed E-state index contributed by atoms with van der Waals surface area (Å²) in [4.78, 5) is 56.2. The lowest BCUT2D eigenvalue weighted by Gasteiger charge is -2.72. The monoisotopic (exact) mass is 878 g/mol. The van der Waals surface area contributed by atoms with Crippen LogP contribution in [0.2, 0.25) is 11.8 Å². The largest absolute Gasteiger partial charge is 0.462 e. The molecule has 0 amide bonds. The number of halogens is 1. The van der Waals surface area contributed by atoms with Crippen molar-refractivity contribution in [3.8, 4) is 0 Å². The molecule has 5 aliphatic rings. The van der Waals surface area contributed by atoms with Gasteiger partial charge in [0.05, 0.1) is 11.8 Å². The Kier molecular flexibility index (Phi) is 13.3. The number of benzene rings is 1. The zero-order chi connectivity index (χ0) is 46.2. The molecule has 344 valence electrons. The van der Waals surface area contributed by atoms with Crippen LogP contribution in [0.25, 0.3) is 0 Å². The lowest BCUT2D eigenvalue weighted by molar-refractivity contribution is -0.235. The van der Waals surface area contributed by atoms with Gasteiger partial charge in [0.15, 0.2) is 5.78 Å². The fourth-order valence-corrected chi connectivity index (χ4v) is 14.4. The van der Waals surface area contributed by atoms with Crippen molar-refractivity contribution in [2.24, 2.45) is 56.2 Å². The van der Waals surface area contributed by atoms with Gasteiger partial charge in [0, 0.05) is 42.3 Å². The molecule has 4 fully saturated rings. The van der Waals surface area contributed by atoms with Crippen molar-refractivity contribution in [1.82, 2.24) is 4.81 Å². The van der Waals surface area contributed by atoms with E-state index in [4.69, 9.17) is 25.8 Å². The number of nitrogens with zero attached hydrogens (tertiary/aromatic N) is 1. The van der Waals surface area contributed by atoms with Crippen molar-refractivity contribution >= 4 is 42.3 Å². The van der Waals surface area contributed by atoms with Crippen molar-refractivity contribution in [1.29, 1.82) is 0 Å². The number of carbonyl (C=O) groups is 4. The topological polar surface area (TPSA) is 119 Å². The summed E-state index contributed by atoms with van der Waals surface area (Å²) >= 11 is 6.63. The number of fused-ring (bicyclic) bond motifs is 7. The third-order valence-corrected chi connectivity index (χ3v) is 17.8. The number of allylic oxidation sites excluding steroid dienone is 1. The Morgan fingerprint density at radius 3 is 2.18 bits per heavy atom. The molecule has 1 aromatic rings. The summed E-state index contributed by atoms with van der Waals surface area (Å²) in [5.74, 6) is -0.0580. The summed E-state index contributed by atoms with van der Waals surface area (Å²) in [6, 6.07) is 7.61. The minimum absolute atomic E-state index is 0.00914. The smallest absolute Gasteiger partial charge is 0.376 e. The average molecular weight is 878 g/mol. The Balaban J connectivity index is 1.30. The summed E-state index contributed by atoms with van der Waals surface area (Å²) in [6.45, 7) is 29.3. The van der Waals surface area contributed by atoms with Crippen molar-refractivity contribution in [2.45, 2.75) is 185 Å². The van der Waals surface area contributed by atoms with Gasteiger partial charge in [-0.3, -0.25) is 19.2 Å². The van der Waals surface area contributed by atoms with E-state index in [2.05, 4.69) is 48.5 Å². The van der Waals surface area contributed by atoms with Gasteiger partial charge in [0.2, 0.25) is 0 Å². The summed E-state index contributed by atoms with van der Waals surface area (Å²) in [5, 5.41) is 11.8. The molecule has 0 spiro atoms. The Hall–Kier alpha value is -2.69. The van der Waals surface area contributed by atoms with Crippen LogP contribution in [0.15, 0.2) is 35.4 Å². The fraction of sp³-hybridized carbons (Fsp3) is 0.765. The Labute approximate surface area is 378 Å². The van der Waals surface area contributed by atoms with Crippen LogP contribution in [0.1, 0.15) is 160 Å². The van der Waals surface area contributed by atoms with E-state index in [9.17, 15) is 24.2 Å². The minimum atomic E-state index is -1.00. The van der Waals surface area contributed by atoms with Crippen LogP contribution in [0.5, 0.6) is 0 Å². The van der Waals surface area contributed by atoms with Crippen molar-refractivity contribution in [2.75, 3.05) is 6.54 Å². The number of esters is 3. The van der Waals surface area contributed by atoms with Crippen LogP contribution in [-0.2, 0) is 39.9 Å². The van der Waals surface area contributed by atoms with Gasteiger partial charge in [-0.15, -0.1) is 0 Å². The number of carbonyl (C=O) groups excluding carboxylic acids is 4. The van der Waals surface area contributed by atoms with E-state index < -0.39 is 35.6 Å². The second-order valence-corrected chi connectivity index (χ2v) is 23.9.